The van der Waals surface area contributed by atoms with E-state index in [1.807, 2.05) is 60.9 Å². The molecule has 0 aliphatic carbocycles. The smallest absolute Gasteiger partial charge is 0.356 e. The Hall–Kier alpha value is -2.88. The van der Waals surface area contributed by atoms with Crippen LogP contribution < -0.4 is 0 Å². The van der Waals surface area contributed by atoms with Gasteiger partial charge >= 0.3 is 5.97 Å². The summed E-state index contributed by atoms with van der Waals surface area (Å²) >= 11 is 0. The highest BCUT2D eigenvalue weighted by atomic mass is 16.4. The number of hydrogen-bond acceptors (Lipinski definition) is 2. The lowest BCUT2D eigenvalue weighted by Gasteiger charge is -2.11. The third kappa shape index (κ3) is 2.75. The Kier molecular flexibility index (Phi) is 3.74. The summed E-state index contributed by atoms with van der Waals surface area (Å²) in [7, 11) is 0. The number of aromatic carboxylic acids is 1. The molecule has 1 heterocycles. The molecule has 0 spiro atoms. The Morgan fingerprint density at radius 2 is 1.74 bits per heavy atom. The molecule has 3 rings (SSSR count). The molecular formula is C19H18N2O2. The minimum Gasteiger partial charge on any atom is -0.476 e. The average molecular weight is 306 g/mol. The zero-order valence-corrected chi connectivity index (χ0v) is 13.4. The van der Waals surface area contributed by atoms with Gasteiger partial charge in [0.25, 0.3) is 0 Å². The van der Waals surface area contributed by atoms with Crippen molar-refractivity contribution in [3.8, 4) is 17.1 Å². The van der Waals surface area contributed by atoms with Crippen molar-refractivity contribution in [2.45, 2.75) is 20.8 Å². The molecule has 1 N–H and O–H groups in total. The highest BCUT2D eigenvalue weighted by Gasteiger charge is 2.17. The number of benzene rings is 2. The maximum atomic E-state index is 11.4. The Morgan fingerprint density at radius 3 is 2.39 bits per heavy atom. The standard InChI is InChI=1S/C19H18N2O2/c1-12-8-9-15(10-14(12)3)21-11-17(19(22)23)20-18(21)16-7-5-4-6-13(16)2/h4-11H,1-3H3,(H,22,23). The van der Waals surface area contributed by atoms with Crippen molar-refractivity contribution in [3.63, 3.8) is 0 Å². The monoisotopic (exact) mass is 306 g/mol. The van der Waals surface area contributed by atoms with E-state index in [0.29, 0.717) is 5.82 Å². The van der Waals surface area contributed by atoms with E-state index in [1.165, 1.54) is 5.56 Å². The fourth-order valence-electron chi connectivity index (χ4n) is 2.57. The summed E-state index contributed by atoms with van der Waals surface area (Å²) in [6, 6.07) is 13.9. The van der Waals surface area contributed by atoms with E-state index >= 15 is 0 Å². The van der Waals surface area contributed by atoms with Gasteiger partial charge in [-0.15, -0.1) is 0 Å². The molecule has 2 aromatic carbocycles. The molecule has 0 saturated heterocycles. The number of hydrogen-bond donors (Lipinski definition) is 1. The first kappa shape index (κ1) is 15.0. The summed E-state index contributed by atoms with van der Waals surface area (Å²) < 4.78 is 1.85. The largest absolute Gasteiger partial charge is 0.476 e. The third-order valence-corrected chi connectivity index (χ3v) is 4.08. The molecule has 4 nitrogen and oxygen atoms in total. The normalized spacial score (nSPS) is 10.7. The van der Waals surface area contributed by atoms with Crippen LogP contribution in [-0.4, -0.2) is 20.6 Å². The highest BCUT2D eigenvalue weighted by molar-refractivity contribution is 5.86. The van der Waals surface area contributed by atoms with E-state index in [1.54, 1.807) is 6.20 Å². The van der Waals surface area contributed by atoms with Gasteiger partial charge in [0.1, 0.15) is 5.82 Å². The first-order valence-electron chi connectivity index (χ1n) is 7.43. The van der Waals surface area contributed by atoms with Crippen LogP contribution in [0.5, 0.6) is 0 Å². The molecule has 116 valence electrons. The van der Waals surface area contributed by atoms with Crippen molar-refractivity contribution in [1.29, 1.82) is 0 Å². The van der Waals surface area contributed by atoms with Gasteiger partial charge in [-0.05, 0) is 49.6 Å². The van der Waals surface area contributed by atoms with Crippen LogP contribution in [-0.2, 0) is 0 Å². The van der Waals surface area contributed by atoms with Crippen molar-refractivity contribution in [2.75, 3.05) is 0 Å². The van der Waals surface area contributed by atoms with Crippen molar-refractivity contribution in [1.82, 2.24) is 9.55 Å². The fraction of sp³-hybridized carbons (Fsp3) is 0.158. The molecule has 23 heavy (non-hydrogen) atoms. The molecule has 0 aliphatic heterocycles. The minimum absolute atomic E-state index is 0.0430. The quantitative estimate of drug-likeness (QED) is 0.790. The van der Waals surface area contributed by atoms with Gasteiger partial charge in [0.2, 0.25) is 0 Å². The van der Waals surface area contributed by atoms with Gasteiger partial charge in [-0.25, -0.2) is 9.78 Å². The molecule has 4 heteroatoms. The number of carbonyl (C=O) groups is 1. The van der Waals surface area contributed by atoms with E-state index in [-0.39, 0.29) is 5.69 Å². The Morgan fingerprint density at radius 1 is 1.00 bits per heavy atom. The third-order valence-electron chi connectivity index (χ3n) is 4.08. The van der Waals surface area contributed by atoms with E-state index in [4.69, 9.17) is 0 Å². The zero-order valence-electron chi connectivity index (χ0n) is 13.4. The number of aromatic nitrogens is 2. The van der Waals surface area contributed by atoms with E-state index in [2.05, 4.69) is 11.9 Å². The summed E-state index contributed by atoms with van der Waals surface area (Å²) in [5.74, 6) is -0.383. The van der Waals surface area contributed by atoms with Gasteiger partial charge in [0.05, 0.1) is 0 Å². The molecule has 0 unspecified atom stereocenters. The Labute approximate surface area is 135 Å². The van der Waals surface area contributed by atoms with Crippen LogP contribution in [0.4, 0.5) is 0 Å². The first-order chi connectivity index (χ1) is 11.0. The second-order valence-corrected chi connectivity index (χ2v) is 5.71. The molecule has 0 bridgehead atoms. The first-order valence-corrected chi connectivity index (χ1v) is 7.43. The van der Waals surface area contributed by atoms with E-state index < -0.39 is 5.97 Å². The van der Waals surface area contributed by atoms with Crippen molar-refractivity contribution < 1.29 is 9.90 Å². The number of rotatable bonds is 3. The topological polar surface area (TPSA) is 55.1 Å². The van der Waals surface area contributed by atoms with E-state index in [9.17, 15) is 9.90 Å². The predicted octanol–water partition coefficient (Wildman–Crippen LogP) is 4.16. The lowest BCUT2D eigenvalue weighted by atomic mass is 10.1. The second-order valence-electron chi connectivity index (χ2n) is 5.71. The van der Waals surface area contributed by atoms with Gasteiger partial charge in [-0.2, -0.15) is 0 Å². The molecule has 0 fully saturated rings. The number of aryl methyl sites for hydroxylation is 3. The summed E-state index contributed by atoms with van der Waals surface area (Å²) in [6.07, 6.45) is 1.58. The minimum atomic E-state index is -1.03. The SMILES string of the molecule is Cc1ccc(-n2cc(C(=O)O)nc2-c2ccccc2C)cc1C. The van der Waals surface area contributed by atoms with E-state index in [0.717, 1.165) is 22.4 Å². The molecule has 0 aliphatic rings. The molecule has 0 amide bonds. The van der Waals surface area contributed by atoms with Crippen LogP contribution in [0, 0.1) is 20.8 Å². The number of imidazole rings is 1. The van der Waals surface area contributed by atoms with Gasteiger partial charge in [-0.1, -0.05) is 30.3 Å². The molecule has 0 saturated carbocycles. The highest BCUT2D eigenvalue weighted by Crippen LogP contribution is 2.26. The van der Waals surface area contributed by atoms with Crippen LogP contribution in [0.3, 0.4) is 0 Å². The Balaban J connectivity index is 2.25. The summed E-state index contributed by atoms with van der Waals surface area (Å²) in [4.78, 5) is 15.7. The number of nitrogens with zero attached hydrogens (tertiary/aromatic N) is 2. The maximum absolute atomic E-state index is 11.4. The van der Waals surface area contributed by atoms with Crippen LogP contribution in [0.15, 0.2) is 48.7 Å². The number of carboxylic acid groups (broad SMARTS) is 1. The zero-order chi connectivity index (χ0) is 16.6. The van der Waals surface area contributed by atoms with Gasteiger partial charge in [-0.3, -0.25) is 4.57 Å². The van der Waals surface area contributed by atoms with Gasteiger partial charge < -0.3 is 5.11 Å². The molecule has 0 radical (unpaired) electrons. The van der Waals surface area contributed by atoms with Gasteiger partial charge in [0.15, 0.2) is 5.69 Å². The predicted molar refractivity (Wildman–Crippen MR) is 90.2 cm³/mol. The molecule has 3 aromatic rings. The van der Waals surface area contributed by atoms with Crippen molar-refractivity contribution >= 4 is 5.97 Å². The molecule has 0 atom stereocenters. The fourth-order valence-corrected chi connectivity index (χ4v) is 2.57. The van der Waals surface area contributed by atoms with Crippen molar-refractivity contribution in [3.05, 3.63) is 71.0 Å². The summed E-state index contributed by atoms with van der Waals surface area (Å²) in [6.45, 7) is 6.09. The summed E-state index contributed by atoms with van der Waals surface area (Å²) in [5.41, 5.74) is 5.29. The maximum Gasteiger partial charge on any atom is 0.356 e. The van der Waals surface area contributed by atoms with Crippen LogP contribution in [0.1, 0.15) is 27.2 Å². The van der Waals surface area contributed by atoms with Crippen LogP contribution in [0.2, 0.25) is 0 Å². The number of carboxylic acids is 1. The van der Waals surface area contributed by atoms with Crippen LogP contribution >= 0.6 is 0 Å². The lowest BCUT2D eigenvalue weighted by Crippen LogP contribution is -1.98. The second kappa shape index (κ2) is 5.72. The molecular weight excluding hydrogens is 288 g/mol. The lowest BCUT2D eigenvalue weighted by molar-refractivity contribution is 0.0691. The Bertz CT molecular complexity index is 894. The average Bonchev–Trinajstić information content (AvgIpc) is 2.96. The van der Waals surface area contributed by atoms with Crippen molar-refractivity contribution in [2.24, 2.45) is 0 Å². The van der Waals surface area contributed by atoms with Crippen LogP contribution in [0.25, 0.3) is 17.1 Å². The van der Waals surface area contributed by atoms with Gasteiger partial charge in [0, 0.05) is 17.4 Å². The summed E-state index contributed by atoms with van der Waals surface area (Å²) in [5, 5.41) is 9.31. The molecule has 1 aromatic heterocycles.